The van der Waals surface area contributed by atoms with Crippen LogP contribution < -0.4 is 11.5 Å². The number of aromatic carboxylic acids is 1. The number of carboxylic acids is 1. The molecule has 0 aliphatic carbocycles. The first-order valence-electron chi connectivity index (χ1n) is 6.99. The van der Waals surface area contributed by atoms with Crippen LogP contribution in [0.25, 0.3) is 0 Å². The molecule has 0 aliphatic rings. The van der Waals surface area contributed by atoms with Crippen molar-refractivity contribution in [1.82, 2.24) is 0 Å². The lowest BCUT2D eigenvalue weighted by molar-refractivity contribution is -0.385. The van der Waals surface area contributed by atoms with E-state index in [9.17, 15) is 29.8 Å². The minimum absolute atomic E-state index is 0.0334. The molecule has 2 rings (SSSR count). The fourth-order valence-electron chi connectivity index (χ4n) is 1.98. The number of hydrogen-bond donors (Lipinski definition) is 3. The van der Waals surface area contributed by atoms with Gasteiger partial charge in [0.1, 0.15) is 0 Å². The molecule has 0 unspecified atom stereocenters. The molecule has 0 saturated carbocycles. The van der Waals surface area contributed by atoms with E-state index in [4.69, 9.17) is 16.6 Å². The molecule has 0 saturated heterocycles. The summed E-state index contributed by atoms with van der Waals surface area (Å²) in [5, 5.41) is 29.5. The van der Waals surface area contributed by atoms with Crippen LogP contribution in [0.1, 0.15) is 20.7 Å². The fraction of sp³-hybridized carbons (Fsp3) is 0.0667. The molecule has 142 valence electrons. The van der Waals surface area contributed by atoms with Crippen LogP contribution in [-0.4, -0.2) is 34.0 Å². The SMILES string of the molecule is COC(=O)c1c(N)cccc1[N+](=O)[O-].Nc1cccc([N+](=O)[O-])c1C(=O)O. The predicted octanol–water partition coefficient (Wildman–Crippen LogP) is 1.84. The third kappa shape index (κ3) is 4.88. The van der Waals surface area contributed by atoms with Crippen molar-refractivity contribution in [3.63, 3.8) is 0 Å². The fourth-order valence-corrected chi connectivity index (χ4v) is 1.98. The average Bonchev–Trinajstić information content (AvgIpc) is 2.60. The average molecular weight is 378 g/mol. The van der Waals surface area contributed by atoms with Crippen molar-refractivity contribution in [2.45, 2.75) is 0 Å². The van der Waals surface area contributed by atoms with E-state index in [0.717, 1.165) is 13.2 Å². The van der Waals surface area contributed by atoms with E-state index in [1.165, 1.54) is 30.3 Å². The summed E-state index contributed by atoms with van der Waals surface area (Å²) in [4.78, 5) is 41.2. The van der Waals surface area contributed by atoms with Crippen LogP contribution in [-0.2, 0) is 4.74 Å². The number of nitrogens with zero attached hydrogens (tertiary/aromatic N) is 2. The molecule has 12 heteroatoms. The number of rotatable bonds is 4. The molecule has 0 spiro atoms. The van der Waals surface area contributed by atoms with E-state index < -0.39 is 33.0 Å². The Morgan fingerprint density at radius 1 is 0.926 bits per heavy atom. The van der Waals surface area contributed by atoms with Crippen LogP contribution in [0, 0.1) is 20.2 Å². The second-order valence-electron chi connectivity index (χ2n) is 4.79. The second kappa shape index (κ2) is 8.75. The van der Waals surface area contributed by atoms with Gasteiger partial charge < -0.3 is 21.3 Å². The normalized spacial score (nSPS) is 9.52. The Bertz CT molecular complexity index is 913. The smallest absolute Gasteiger partial charge is 0.347 e. The summed E-state index contributed by atoms with van der Waals surface area (Å²) in [6.45, 7) is 0. The molecule has 2 aromatic rings. The maximum absolute atomic E-state index is 11.2. The predicted molar refractivity (Wildman–Crippen MR) is 93.3 cm³/mol. The lowest BCUT2D eigenvalue weighted by atomic mass is 10.1. The molecule has 0 radical (unpaired) electrons. The second-order valence-corrected chi connectivity index (χ2v) is 4.79. The Hall–Kier alpha value is -4.22. The van der Waals surface area contributed by atoms with E-state index in [1.807, 2.05) is 0 Å². The molecule has 0 amide bonds. The number of carbonyl (C=O) groups excluding carboxylic acids is 1. The highest BCUT2D eigenvalue weighted by Crippen LogP contribution is 2.25. The molecule has 2 aromatic carbocycles. The lowest BCUT2D eigenvalue weighted by Crippen LogP contribution is -2.08. The van der Waals surface area contributed by atoms with Gasteiger partial charge in [-0.2, -0.15) is 0 Å². The number of nitro benzene ring substituents is 2. The summed E-state index contributed by atoms with van der Waals surface area (Å²) < 4.78 is 4.38. The lowest BCUT2D eigenvalue weighted by Gasteiger charge is -2.03. The summed E-state index contributed by atoms with van der Waals surface area (Å²) in [5.41, 5.74) is 9.11. The van der Waals surface area contributed by atoms with Gasteiger partial charge in [-0.25, -0.2) is 9.59 Å². The highest BCUT2D eigenvalue weighted by atomic mass is 16.6. The highest BCUT2D eigenvalue weighted by Gasteiger charge is 2.23. The molecule has 12 nitrogen and oxygen atoms in total. The minimum Gasteiger partial charge on any atom is -0.477 e. The molecule has 0 aromatic heterocycles. The van der Waals surface area contributed by atoms with Gasteiger partial charge in [-0.05, 0) is 12.1 Å². The van der Waals surface area contributed by atoms with Crippen molar-refractivity contribution in [1.29, 1.82) is 0 Å². The monoisotopic (exact) mass is 378 g/mol. The number of carboxylic acid groups (broad SMARTS) is 1. The number of nitrogen functional groups attached to an aromatic ring is 2. The van der Waals surface area contributed by atoms with Gasteiger partial charge in [0.05, 0.1) is 28.3 Å². The molecule has 0 heterocycles. The Morgan fingerprint density at radius 2 is 1.33 bits per heavy atom. The molecular weight excluding hydrogens is 364 g/mol. The number of nitrogens with two attached hydrogens (primary N) is 2. The Kier molecular flexibility index (Phi) is 6.75. The topological polar surface area (TPSA) is 202 Å². The van der Waals surface area contributed by atoms with Gasteiger partial charge >= 0.3 is 11.9 Å². The van der Waals surface area contributed by atoms with Crippen molar-refractivity contribution in [2.24, 2.45) is 0 Å². The maximum atomic E-state index is 11.2. The van der Waals surface area contributed by atoms with Crippen LogP contribution >= 0.6 is 0 Å². The van der Waals surface area contributed by atoms with Crippen molar-refractivity contribution < 1.29 is 29.3 Å². The van der Waals surface area contributed by atoms with Crippen LogP contribution in [0.2, 0.25) is 0 Å². The zero-order valence-corrected chi connectivity index (χ0v) is 13.8. The zero-order valence-electron chi connectivity index (χ0n) is 13.8. The van der Waals surface area contributed by atoms with Crippen LogP contribution in [0.4, 0.5) is 22.7 Å². The molecule has 0 aliphatic heterocycles. The Labute approximate surface area is 151 Å². The number of ether oxygens (including phenoxy) is 1. The number of methoxy groups -OCH3 is 1. The zero-order chi connectivity index (χ0) is 20.7. The number of anilines is 2. The number of nitro groups is 2. The Balaban J connectivity index is 0.000000271. The summed E-state index contributed by atoms with van der Waals surface area (Å²) in [7, 11) is 1.14. The van der Waals surface area contributed by atoms with Crippen LogP contribution in [0.15, 0.2) is 36.4 Å². The summed E-state index contributed by atoms with van der Waals surface area (Å²) in [6, 6.07) is 7.73. The minimum atomic E-state index is -1.40. The summed E-state index contributed by atoms with van der Waals surface area (Å²) in [6.07, 6.45) is 0. The van der Waals surface area contributed by atoms with Gasteiger partial charge in [-0.1, -0.05) is 12.1 Å². The highest BCUT2D eigenvalue weighted by molar-refractivity contribution is 5.99. The molecular formula is C15H14N4O8. The quantitative estimate of drug-likeness (QED) is 0.305. The van der Waals surface area contributed by atoms with E-state index in [0.29, 0.717) is 0 Å². The van der Waals surface area contributed by atoms with Crippen molar-refractivity contribution in [2.75, 3.05) is 18.6 Å². The van der Waals surface area contributed by atoms with Crippen LogP contribution in [0.3, 0.4) is 0 Å². The maximum Gasteiger partial charge on any atom is 0.347 e. The molecule has 0 atom stereocenters. The van der Waals surface area contributed by atoms with Gasteiger partial charge in [0.25, 0.3) is 11.4 Å². The number of carbonyl (C=O) groups is 2. The van der Waals surface area contributed by atoms with Crippen molar-refractivity contribution in [3.05, 3.63) is 67.8 Å². The van der Waals surface area contributed by atoms with Gasteiger partial charge in [-0.15, -0.1) is 0 Å². The van der Waals surface area contributed by atoms with Gasteiger partial charge in [0, 0.05) is 12.1 Å². The summed E-state index contributed by atoms with van der Waals surface area (Å²) in [5.74, 6) is -2.21. The number of esters is 1. The van der Waals surface area contributed by atoms with Crippen LogP contribution in [0.5, 0.6) is 0 Å². The number of hydrogen-bond acceptors (Lipinski definition) is 9. The summed E-state index contributed by atoms with van der Waals surface area (Å²) >= 11 is 0. The first kappa shape index (κ1) is 20.8. The standard InChI is InChI=1S/C8H8N2O4.C7H6N2O4/c1-14-8(11)7-5(9)3-2-4-6(7)10(12)13;8-4-2-1-3-5(9(12)13)6(4)7(10)11/h2-4H,9H2,1H3;1-3H,8H2,(H,10,11). The third-order valence-electron chi connectivity index (χ3n) is 3.15. The molecule has 0 bridgehead atoms. The van der Waals surface area contributed by atoms with E-state index in [1.54, 1.807) is 0 Å². The molecule has 27 heavy (non-hydrogen) atoms. The van der Waals surface area contributed by atoms with E-state index in [-0.39, 0.29) is 22.6 Å². The first-order valence-corrected chi connectivity index (χ1v) is 6.99. The van der Waals surface area contributed by atoms with Gasteiger partial charge in [-0.3, -0.25) is 20.2 Å². The van der Waals surface area contributed by atoms with E-state index in [2.05, 4.69) is 4.74 Å². The number of benzene rings is 2. The van der Waals surface area contributed by atoms with E-state index >= 15 is 0 Å². The van der Waals surface area contributed by atoms with Crippen molar-refractivity contribution in [3.8, 4) is 0 Å². The Morgan fingerprint density at radius 3 is 1.67 bits per heavy atom. The molecule has 5 N–H and O–H groups in total. The largest absolute Gasteiger partial charge is 0.477 e. The third-order valence-corrected chi connectivity index (χ3v) is 3.15. The van der Waals surface area contributed by atoms with Gasteiger partial charge in [0.2, 0.25) is 0 Å². The van der Waals surface area contributed by atoms with Crippen molar-refractivity contribution >= 4 is 34.7 Å². The molecule has 0 fully saturated rings. The first-order chi connectivity index (χ1) is 12.6. The van der Waals surface area contributed by atoms with Gasteiger partial charge in [0.15, 0.2) is 11.1 Å².